The molecule has 0 bridgehead atoms. The van der Waals surface area contributed by atoms with Gasteiger partial charge >= 0.3 is 0 Å². The van der Waals surface area contributed by atoms with Crippen molar-refractivity contribution in [2.45, 2.75) is 13.1 Å². The second kappa shape index (κ2) is 6.70. The standard InChI is InChI=1S/C16H17ClFN3/c1-21(10-13-5-6-14(18)8-15(13)17)9-11-3-2-4-12(7-11)16(19)20/h2-8H,9-10H2,1H3,(H3,19,20). The molecule has 0 amide bonds. The number of hydrogen-bond donors (Lipinski definition) is 2. The predicted octanol–water partition coefficient (Wildman–Crippen LogP) is 3.40. The Hall–Kier alpha value is -1.91. The third kappa shape index (κ3) is 4.28. The quantitative estimate of drug-likeness (QED) is 0.657. The molecule has 0 spiro atoms. The molecule has 0 aliphatic rings. The summed E-state index contributed by atoms with van der Waals surface area (Å²) in [5.41, 5.74) is 8.13. The van der Waals surface area contributed by atoms with Crippen LogP contribution in [0.3, 0.4) is 0 Å². The maximum Gasteiger partial charge on any atom is 0.124 e. The van der Waals surface area contributed by atoms with Crippen molar-refractivity contribution in [2.75, 3.05) is 7.05 Å². The highest BCUT2D eigenvalue weighted by molar-refractivity contribution is 6.31. The van der Waals surface area contributed by atoms with Crippen molar-refractivity contribution in [3.05, 3.63) is 70.0 Å². The maximum atomic E-state index is 13.0. The number of benzene rings is 2. The molecule has 0 unspecified atom stereocenters. The molecule has 2 aromatic rings. The van der Waals surface area contributed by atoms with Crippen molar-refractivity contribution in [3.63, 3.8) is 0 Å². The Morgan fingerprint density at radius 3 is 2.67 bits per heavy atom. The van der Waals surface area contributed by atoms with Crippen LogP contribution in [0.1, 0.15) is 16.7 Å². The highest BCUT2D eigenvalue weighted by Crippen LogP contribution is 2.19. The van der Waals surface area contributed by atoms with Crippen LogP contribution in [0.5, 0.6) is 0 Å². The van der Waals surface area contributed by atoms with Gasteiger partial charge in [-0.15, -0.1) is 0 Å². The summed E-state index contributed by atoms with van der Waals surface area (Å²) in [6, 6.07) is 12.0. The molecule has 0 aliphatic heterocycles. The second-order valence-electron chi connectivity index (χ2n) is 5.02. The minimum absolute atomic E-state index is 0.0566. The first-order valence-corrected chi connectivity index (χ1v) is 6.89. The van der Waals surface area contributed by atoms with E-state index in [-0.39, 0.29) is 11.7 Å². The molecule has 0 saturated heterocycles. The Morgan fingerprint density at radius 2 is 2.00 bits per heavy atom. The molecule has 0 aromatic heterocycles. The molecule has 3 N–H and O–H groups in total. The van der Waals surface area contributed by atoms with Crippen LogP contribution in [0.4, 0.5) is 4.39 Å². The van der Waals surface area contributed by atoms with Crippen LogP contribution in [-0.4, -0.2) is 17.8 Å². The Kier molecular flexibility index (Phi) is 4.94. The van der Waals surface area contributed by atoms with Gasteiger partial charge in [-0.1, -0.05) is 35.9 Å². The summed E-state index contributed by atoms with van der Waals surface area (Å²) in [6.07, 6.45) is 0. The molecule has 5 heteroatoms. The van der Waals surface area contributed by atoms with Gasteiger partial charge < -0.3 is 5.73 Å². The summed E-state index contributed by atoms with van der Waals surface area (Å²) in [5, 5.41) is 7.88. The summed E-state index contributed by atoms with van der Waals surface area (Å²) < 4.78 is 13.0. The zero-order valence-corrected chi connectivity index (χ0v) is 12.5. The van der Waals surface area contributed by atoms with Gasteiger partial charge in [0.1, 0.15) is 11.7 Å². The third-order valence-electron chi connectivity index (χ3n) is 3.15. The fourth-order valence-corrected chi connectivity index (χ4v) is 2.37. The van der Waals surface area contributed by atoms with Crippen LogP contribution >= 0.6 is 11.6 Å². The highest BCUT2D eigenvalue weighted by Gasteiger charge is 2.07. The number of nitrogen functional groups attached to an aromatic ring is 1. The van der Waals surface area contributed by atoms with Gasteiger partial charge in [0, 0.05) is 23.7 Å². The third-order valence-corrected chi connectivity index (χ3v) is 3.50. The molecule has 21 heavy (non-hydrogen) atoms. The van der Waals surface area contributed by atoms with Gasteiger partial charge in [0.2, 0.25) is 0 Å². The van der Waals surface area contributed by atoms with E-state index in [4.69, 9.17) is 22.7 Å². The monoisotopic (exact) mass is 305 g/mol. The van der Waals surface area contributed by atoms with Gasteiger partial charge in [-0.25, -0.2) is 4.39 Å². The van der Waals surface area contributed by atoms with Crippen LogP contribution in [0.15, 0.2) is 42.5 Å². The molecule has 2 rings (SSSR count). The first kappa shape index (κ1) is 15.5. The van der Waals surface area contributed by atoms with Crippen LogP contribution in [-0.2, 0) is 13.1 Å². The molecule has 2 aromatic carbocycles. The molecule has 0 fully saturated rings. The summed E-state index contributed by atoms with van der Waals surface area (Å²) in [4.78, 5) is 2.07. The Morgan fingerprint density at radius 1 is 1.24 bits per heavy atom. The van der Waals surface area contributed by atoms with Gasteiger partial charge in [-0.3, -0.25) is 10.3 Å². The predicted molar refractivity (Wildman–Crippen MR) is 84.0 cm³/mol. The Balaban J connectivity index is 2.06. The zero-order valence-electron chi connectivity index (χ0n) is 11.7. The largest absolute Gasteiger partial charge is 0.384 e. The fourth-order valence-electron chi connectivity index (χ4n) is 2.15. The maximum absolute atomic E-state index is 13.0. The smallest absolute Gasteiger partial charge is 0.124 e. The summed E-state index contributed by atoms with van der Waals surface area (Å²) in [5.74, 6) is -0.276. The van der Waals surface area contributed by atoms with Gasteiger partial charge in [-0.05, 0) is 36.4 Å². The number of rotatable bonds is 5. The van der Waals surface area contributed by atoms with Crippen molar-refractivity contribution in [2.24, 2.45) is 5.73 Å². The lowest BCUT2D eigenvalue weighted by Gasteiger charge is -2.18. The molecule has 3 nitrogen and oxygen atoms in total. The molecule has 0 radical (unpaired) electrons. The summed E-state index contributed by atoms with van der Waals surface area (Å²) in [6.45, 7) is 1.30. The van der Waals surface area contributed by atoms with E-state index in [2.05, 4.69) is 4.90 Å². The number of nitrogens with one attached hydrogen (secondary N) is 1. The second-order valence-corrected chi connectivity index (χ2v) is 5.43. The molecular formula is C16H17ClFN3. The topological polar surface area (TPSA) is 53.1 Å². The highest BCUT2D eigenvalue weighted by atomic mass is 35.5. The Labute approximate surface area is 128 Å². The van der Waals surface area contributed by atoms with E-state index in [1.54, 1.807) is 6.07 Å². The normalized spacial score (nSPS) is 10.9. The van der Waals surface area contributed by atoms with Crippen molar-refractivity contribution in [1.82, 2.24) is 4.90 Å². The van der Waals surface area contributed by atoms with Gasteiger partial charge in [0.25, 0.3) is 0 Å². The van der Waals surface area contributed by atoms with Crippen molar-refractivity contribution in [3.8, 4) is 0 Å². The van der Waals surface area contributed by atoms with Crippen LogP contribution in [0.2, 0.25) is 5.02 Å². The van der Waals surface area contributed by atoms with E-state index in [0.29, 0.717) is 23.7 Å². The number of halogens is 2. The molecule has 0 saturated carbocycles. The SMILES string of the molecule is CN(Cc1cccc(C(=N)N)c1)Cc1ccc(F)cc1Cl. The number of nitrogens with zero attached hydrogens (tertiary/aromatic N) is 1. The fraction of sp³-hybridized carbons (Fsp3) is 0.188. The summed E-state index contributed by atoms with van der Waals surface area (Å²) >= 11 is 6.03. The lowest BCUT2D eigenvalue weighted by Crippen LogP contribution is -2.18. The van der Waals surface area contributed by atoms with Crippen LogP contribution in [0, 0.1) is 11.2 Å². The van der Waals surface area contributed by atoms with Crippen LogP contribution < -0.4 is 5.73 Å². The van der Waals surface area contributed by atoms with Crippen molar-refractivity contribution in [1.29, 1.82) is 5.41 Å². The first-order valence-electron chi connectivity index (χ1n) is 6.51. The molecule has 110 valence electrons. The number of amidine groups is 1. The minimum atomic E-state index is -0.333. The molecule has 0 aliphatic carbocycles. The van der Waals surface area contributed by atoms with E-state index >= 15 is 0 Å². The average molecular weight is 306 g/mol. The van der Waals surface area contributed by atoms with Crippen LogP contribution in [0.25, 0.3) is 0 Å². The van der Waals surface area contributed by atoms with Gasteiger partial charge in [0.15, 0.2) is 0 Å². The zero-order chi connectivity index (χ0) is 15.4. The van der Waals surface area contributed by atoms with Gasteiger partial charge in [0.05, 0.1) is 0 Å². The Bertz CT molecular complexity index is 658. The first-order chi connectivity index (χ1) is 9.95. The average Bonchev–Trinajstić information content (AvgIpc) is 2.42. The van der Waals surface area contributed by atoms with Gasteiger partial charge in [-0.2, -0.15) is 0 Å². The van der Waals surface area contributed by atoms with E-state index in [0.717, 1.165) is 11.1 Å². The van der Waals surface area contributed by atoms with Crippen molar-refractivity contribution < 1.29 is 4.39 Å². The van der Waals surface area contributed by atoms with E-state index < -0.39 is 0 Å². The lowest BCUT2D eigenvalue weighted by molar-refractivity contribution is 0.319. The molecule has 0 heterocycles. The molecule has 0 atom stereocenters. The number of nitrogens with two attached hydrogens (primary N) is 1. The van der Waals surface area contributed by atoms with Crippen molar-refractivity contribution >= 4 is 17.4 Å². The van der Waals surface area contributed by atoms with E-state index in [9.17, 15) is 4.39 Å². The van der Waals surface area contributed by atoms with E-state index in [1.165, 1.54) is 12.1 Å². The van der Waals surface area contributed by atoms with E-state index in [1.807, 2.05) is 31.3 Å². The lowest BCUT2D eigenvalue weighted by atomic mass is 10.1. The number of hydrogen-bond acceptors (Lipinski definition) is 2. The summed E-state index contributed by atoms with van der Waals surface area (Å²) in [7, 11) is 1.96. The molecular weight excluding hydrogens is 289 g/mol. The minimum Gasteiger partial charge on any atom is -0.384 e.